The lowest BCUT2D eigenvalue weighted by Crippen LogP contribution is -2.23. The zero-order valence-corrected chi connectivity index (χ0v) is 27.5. The monoisotopic (exact) mass is 650 g/mol. The summed E-state index contributed by atoms with van der Waals surface area (Å²) in [5.74, 6) is -0.948. The minimum absolute atomic E-state index is 0.00277. The Bertz CT molecular complexity index is 1970. The second-order valence-corrected chi connectivity index (χ2v) is 14.3. The summed E-state index contributed by atoms with van der Waals surface area (Å²) in [7, 11) is -4.12. The standard InChI is InChI=1S/C38H38N2O6S/c1-38(2,3)22-21-26-13-17-28(18-14-26)32(24-27-15-19-29(20-16-27)34(41)11-7-23-47(43,44)45)36(42)39-31-9-6-8-30(25-31)37-40-33-10-4-5-12-35(33)46-37/h4-6,8-10,12-22,25,32H,7,11,23-24H2,1-3H3,(H,39,42)(H,43,44,45)/b22-21+. The molecule has 0 spiro atoms. The van der Waals surface area contributed by atoms with Gasteiger partial charge in [0.2, 0.25) is 11.8 Å². The Morgan fingerprint density at radius 3 is 2.34 bits per heavy atom. The summed E-state index contributed by atoms with van der Waals surface area (Å²) in [5.41, 5.74) is 6.00. The molecule has 1 unspecified atom stereocenters. The summed E-state index contributed by atoms with van der Waals surface area (Å²) in [6.07, 6.45) is 4.63. The van der Waals surface area contributed by atoms with E-state index in [0.717, 1.165) is 27.8 Å². The summed E-state index contributed by atoms with van der Waals surface area (Å²) >= 11 is 0. The molecule has 9 heteroatoms. The van der Waals surface area contributed by atoms with Crippen molar-refractivity contribution in [3.63, 3.8) is 0 Å². The zero-order chi connectivity index (χ0) is 33.6. The van der Waals surface area contributed by atoms with Crippen molar-refractivity contribution in [1.82, 2.24) is 4.98 Å². The summed E-state index contributed by atoms with van der Waals surface area (Å²) in [5, 5.41) is 3.08. The van der Waals surface area contributed by atoms with Gasteiger partial charge in [0.1, 0.15) is 5.52 Å². The van der Waals surface area contributed by atoms with Crippen molar-refractivity contribution in [1.29, 1.82) is 0 Å². The third kappa shape index (κ3) is 9.57. The van der Waals surface area contributed by atoms with Crippen molar-refractivity contribution < 1.29 is 27.0 Å². The van der Waals surface area contributed by atoms with E-state index >= 15 is 0 Å². The van der Waals surface area contributed by atoms with Crippen LogP contribution in [-0.2, 0) is 21.3 Å². The van der Waals surface area contributed by atoms with E-state index in [9.17, 15) is 18.0 Å². The largest absolute Gasteiger partial charge is 0.436 e. The molecule has 1 amide bonds. The fourth-order valence-electron chi connectivity index (χ4n) is 5.12. The van der Waals surface area contributed by atoms with Crippen LogP contribution in [0.3, 0.4) is 0 Å². The molecule has 0 aliphatic heterocycles. The maximum Gasteiger partial charge on any atom is 0.264 e. The number of rotatable bonds is 12. The first-order chi connectivity index (χ1) is 22.3. The smallest absolute Gasteiger partial charge is 0.264 e. The summed E-state index contributed by atoms with van der Waals surface area (Å²) in [4.78, 5) is 31.1. The van der Waals surface area contributed by atoms with E-state index in [-0.39, 0.29) is 29.9 Å². The van der Waals surface area contributed by atoms with Gasteiger partial charge in [-0.2, -0.15) is 8.42 Å². The molecule has 1 aromatic heterocycles. The molecule has 1 heterocycles. The number of carbonyl (C=O) groups is 2. The number of amides is 1. The number of nitrogens with one attached hydrogen (secondary N) is 1. The maximum absolute atomic E-state index is 13.9. The minimum atomic E-state index is -4.12. The van der Waals surface area contributed by atoms with Gasteiger partial charge in [-0.15, -0.1) is 0 Å². The van der Waals surface area contributed by atoms with Crippen molar-refractivity contribution in [3.05, 3.63) is 125 Å². The lowest BCUT2D eigenvalue weighted by Gasteiger charge is -2.18. The Hall–Kier alpha value is -4.86. The number of hydrogen-bond donors (Lipinski definition) is 2. The van der Waals surface area contributed by atoms with Crippen LogP contribution in [-0.4, -0.2) is 35.4 Å². The van der Waals surface area contributed by atoms with E-state index in [1.165, 1.54) is 0 Å². The van der Waals surface area contributed by atoms with Crippen LogP contribution in [0.4, 0.5) is 5.69 Å². The van der Waals surface area contributed by atoms with Crippen molar-refractivity contribution >= 4 is 44.7 Å². The van der Waals surface area contributed by atoms with Crippen molar-refractivity contribution in [2.45, 2.75) is 46.0 Å². The van der Waals surface area contributed by atoms with Gasteiger partial charge >= 0.3 is 0 Å². The van der Waals surface area contributed by atoms with E-state index in [2.05, 4.69) is 43.2 Å². The highest BCUT2D eigenvalue weighted by Crippen LogP contribution is 2.29. The van der Waals surface area contributed by atoms with E-state index < -0.39 is 21.8 Å². The number of allylic oxidation sites excluding steroid dienone is 1. The predicted molar refractivity (Wildman–Crippen MR) is 186 cm³/mol. The third-order valence-corrected chi connectivity index (χ3v) is 8.43. The summed E-state index contributed by atoms with van der Waals surface area (Å²) in [6.45, 7) is 6.40. The number of hydrogen-bond acceptors (Lipinski definition) is 6. The number of para-hydroxylation sites is 2. The number of aromatic nitrogens is 1. The molecule has 0 bridgehead atoms. The highest BCUT2D eigenvalue weighted by molar-refractivity contribution is 7.85. The fraction of sp³-hybridized carbons (Fsp3) is 0.237. The van der Waals surface area contributed by atoms with Gasteiger partial charge in [0.15, 0.2) is 11.4 Å². The maximum atomic E-state index is 13.9. The number of Topliss-reactive ketones (excluding diaryl/α,β-unsaturated/α-hetero) is 1. The van der Waals surface area contributed by atoms with Crippen LogP contribution in [0.15, 0.2) is 108 Å². The molecule has 5 aromatic rings. The van der Waals surface area contributed by atoms with Crippen LogP contribution in [0.25, 0.3) is 28.6 Å². The van der Waals surface area contributed by atoms with Crippen LogP contribution in [0.2, 0.25) is 0 Å². The molecular weight excluding hydrogens is 612 g/mol. The topological polar surface area (TPSA) is 127 Å². The average molecular weight is 651 g/mol. The van der Waals surface area contributed by atoms with Gasteiger partial charge in [-0.3, -0.25) is 14.1 Å². The zero-order valence-electron chi connectivity index (χ0n) is 26.6. The Morgan fingerprint density at radius 1 is 0.936 bits per heavy atom. The Labute approximate surface area is 275 Å². The van der Waals surface area contributed by atoms with Crippen molar-refractivity contribution in [2.75, 3.05) is 11.1 Å². The summed E-state index contributed by atoms with van der Waals surface area (Å²) < 4.78 is 36.9. The molecule has 0 saturated heterocycles. The number of oxazole rings is 1. The molecule has 1 atom stereocenters. The van der Waals surface area contributed by atoms with Gasteiger partial charge < -0.3 is 9.73 Å². The lowest BCUT2D eigenvalue weighted by atomic mass is 9.89. The predicted octanol–water partition coefficient (Wildman–Crippen LogP) is 8.37. The Morgan fingerprint density at radius 2 is 1.66 bits per heavy atom. The molecule has 0 fully saturated rings. The Kier molecular flexibility index (Phi) is 10.2. The van der Waals surface area contributed by atoms with E-state index in [0.29, 0.717) is 29.1 Å². The molecule has 242 valence electrons. The molecule has 0 saturated carbocycles. The lowest BCUT2D eigenvalue weighted by molar-refractivity contribution is -0.117. The molecule has 5 rings (SSSR count). The van der Waals surface area contributed by atoms with Crippen LogP contribution in [0.5, 0.6) is 0 Å². The normalized spacial score (nSPS) is 12.8. The number of fused-ring (bicyclic) bond motifs is 1. The first-order valence-electron chi connectivity index (χ1n) is 15.5. The molecule has 0 radical (unpaired) electrons. The van der Waals surface area contributed by atoms with Gasteiger partial charge in [0.05, 0.1) is 11.7 Å². The number of benzene rings is 4. The van der Waals surface area contributed by atoms with Gasteiger partial charge in [-0.1, -0.05) is 99.7 Å². The summed E-state index contributed by atoms with van der Waals surface area (Å²) in [6, 6.07) is 29.8. The third-order valence-electron chi connectivity index (χ3n) is 7.62. The second kappa shape index (κ2) is 14.3. The molecule has 2 N–H and O–H groups in total. The SMILES string of the molecule is CC(C)(C)/C=C/c1ccc(C(Cc2ccc(C(=O)CCCS(=O)(=O)O)cc2)C(=O)Nc2cccc(-c3nc4ccccc4o3)c2)cc1. The number of carbonyl (C=O) groups excluding carboxylic acids is 2. The molecular formula is C38H38N2O6S. The first-order valence-corrected chi connectivity index (χ1v) is 17.1. The fourth-order valence-corrected chi connectivity index (χ4v) is 5.63. The second-order valence-electron chi connectivity index (χ2n) is 12.7. The minimum Gasteiger partial charge on any atom is -0.436 e. The van der Waals surface area contributed by atoms with Gasteiger partial charge in [0.25, 0.3) is 10.1 Å². The molecule has 47 heavy (non-hydrogen) atoms. The van der Waals surface area contributed by atoms with Crippen LogP contribution >= 0.6 is 0 Å². The number of anilines is 1. The van der Waals surface area contributed by atoms with Gasteiger partial charge in [-0.25, -0.2) is 4.98 Å². The van der Waals surface area contributed by atoms with Crippen LogP contribution in [0, 0.1) is 5.41 Å². The van der Waals surface area contributed by atoms with Gasteiger partial charge in [-0.05, 0) is 65.3 Å². The average Bonchev–Trinajstić information content (AvgIpc) is 3.47. The van der Waals surface area contributed by atoms with E-state index in [1.807, 2.05) is 84.9 Å². The highest BCUT2D eigenvalue weighted by atomic mass is 32.2. The van der Waals surface area contributed by atoms with Crippen LogP contribution < -0.4 is 5.32 Å². The molecule has 0 aliphatic carbocycles. The number of nitrogens with zero attached hydrogens (tertiary/aromatic N) is 1. The van der Waals surface area contributed by atoms with E-state index in [1.54, 1.807) is 12.1 Å². The highest BCUT2D eigenvalue weighted by Gasteiger charge is 2.22. The Balaban J connectivity index is 1.36. The van der Waals surface area contributed by atoms with Crippen LogP contribution in [0.1, 0.15) is 66.6 Å². The number of ketones is 1. The molecule has 0 aliphatic rings. The first kappa shape index (κ1) is 33.5. The van der Waals surface area contributed by atoms with Gasteiger partial charge in [0, 0.05) is 23.2 Å². The quantitative estimate of drug-likeness (QED) is 0.103. The molecule has 8 nitrogen and oxygen atoms in total. The van der Waals surface area contributed by atoms with E-state index in [4.69, 9.17) is 8.97 Å². The molecule has 4 aromatic carbocycles. The van der Waals surface area contributed by atoms with Crippen molar-refractivity contribution in [2.24, 2.45) is 5.41 Å². The van der Waals surface area contributed by atoms with Crippen molar-refractivity contribution in [3.8, 4) is 11.5 Å².